The Morgan fingerprint density at radius 3 is 2.61 bits per heavy atom. The van der Waals surface area contributed by atoms with Gasteiger partial charge in [-0.15, -0.1) is 0 Å². The number of fused-ring (bicyclic) bond motifs is 13. The van der Waals surface area contributed by atoms with E-state index in [1.807, 2.05) is 12.1 Å². The molecule has 4 rings (SSSR count). The summed E-state index contributed by atoms with van der Waals surface area (Å²) in [6, 6.07) is 8.25. The highest BCUT2D eigenvalue weighted by Crippen LogP contribution is 2.15. The molecule has 2 aliphatic rings. The van der Waals surface area contributed by atoms with Gasteiger partial charge in [0.25, 0.3) is 11.3 Å². The number of nitrogens with one attached hydrogen (secondary N) is 1. The van der Waals surface area contributed by atoms with E-state index >= 15 is 0 Å². The molecule has 4 bridgehead atoms. The van der Waals surface area contributed by atoms with E-state index in [1.54, 1.807) is 0 Å². The molecule has 150 valence electrons. The number of nitrogens with zero attached hydrogens (tertiary/aromatic N) is 2. The Hall–Kier alpha value is -2.83. The van der Waals surface area contributed by atoms with E-state index in [2.05, 4.69) is 22.5 Å². The number of rotatable bonds is 0. The minimum absolute atomic E-state index is 0.253. The predicted octanol–water partition coefficient (Wildman–Crippen LogP) is 2.65. The highest BCUT2D eigenvalue weighted by molar-refractivity contribution is 5.92. The number of hydrogen-bond acceptors (Lipinski definition) is 5. The van der Waals surface area contributed by atoms with E-state index < -0.39 is 17.1 Å². The number of aromatic hydroxyl groups is 1. The van der Waals surface area contributed by atoms with Gasteiger partial charge < -0.3 is 15.2 Å². The summed E-state index contributed by atoms with van der Waals surface area (Å²) in [5, 5.41) is 16.7. The predicted molar refractivity (Wildman–Crippen MR) is 106 cm³/mol. The summed E-state index contributed by atoms with van der Waals surface area (Å²) in [6.45, 7) is 1.62. The first kappa shape index (κ1) is 19.9. The highest BCUT2D eigenvalue weighted by atomic mass is 16.5. The van der Waals surface area contributed by atoms with Crippen LogP contribution >= 0.6 is 0 Å². The number of carbonyl (C=O) groups is 1. The molecule has 0 atom stereocenters. The fraction of sp³-hybridized carbons (Fsp3) is 0.476. The zero-order valence-corrected chi connectivity index (χ0v) is 16.0. The summed E-state index contributed by atoms with van der Waals surface area (Å²) in [5.41, 5.74) is 0.296. The number of benzene rings is 1. The van der Waals surface area contributed by atoms with Gasteiger partial charge in [0.2, 0.25) is 0 Å². The number of ether oxygens (including phenoxy) is 1. The van der Waals surface area contributed by atoms with Crippen LogP contribution < -0.4 is 15.5 Å². The van der Waals surface area contributed by atoms with Crippen LogP contribution in [0.5, 0.6) is 11.5 Å². The summed E-state index contributed by atoms with van der Waals surface area (Å²) < 4.78 is 7.23. The van der Waals surface area contributed by atoms with Gasteiger partial charge in [-0.25, -0.2) is 0 Å². The van der Waals surface area contributed by atoms with Crippen molar-refractivity contribution in [1.29, 1.82) is 0 Å². The summed E-state index contributed by atoms with van der Waals surface area (Å²) in [4.78, 5) is 24.3. The molecule has 2 N–H and O–H groups in total. The Morgan fingerprint density at radius 2 is 1.79 bits per heavy atom. The van der Waals surface area contributed by atoms with Crippen LogP contribution in [0.3, 0.4) is 0 Å². The second-order valence-corrected chi connectivity index (χ2v) is 7.07. The first-order valence-corrected chi connectivity index (χ1v) is 9.94. The fourth-order valence-corrected chi connectivity index (χ4v) is 3.20. The van der Waals surface area contributed by atoms with Crippen LogP contribution in [0.2, 0.25) is 0 Å². The van der Waals surface area contributed by atoms with E-state index in [9.17, 15) is 14.7 Å². The lowest BCUT2D eigenvalue weighted by atomic mass is 10.1. The first-order chi connectivity index (χ1) is 13.6. The number of aryl methyl sites for hydroxylation is 2. The molecule has 2 aromatic rings. The second-order valence-electron chi connectivity index (χ2n) is 7.07. The lowest BCUT2D eigenvalue weighted by Crippen LogP contribution is -2.32. The number of amides is 1. The monoisotopic (exact) mass is 385 g/mol. The van der Waals surface area contributed by atoms with E-state index in [4.69, 9.17) is 4.74 Å². The molecule has 28 heavy (non-hydrogen) atoms. The minimum Gasteiger partial charge on any atom is -0.503 e. The molecule has 3 heterocycles. The van der Waals surface area contributed by atoms with E-state index in [-0.39, 0.29) is 5.69 Å². The van der Waals surface area contributed by atoms with Crippen LogP contribution in [0.25, 0.3) is 0 Å². The molecule has 0 saturated carbocycles. The molecule has 0 aliphatic carbocycles. The van der Waals surface area contributed by atoms with Crippen molar-refractivity contribution in [3.8, 4) is 11.5 Å². The van der Waals surface area contributed by atoms with Crippen molar-refractivity contribution in [2.24, 2.45) is 0 Å². The standard InChI is InChI=1S/C21H27N3O4/c25-18-15-24-13-5-1-3-7-16-8-10-17(11-9-16)28-14-6-2-4-12-22-21(27)19(23-24)20(18)26/h8-11,15,25H,1-7,12-14H2,(H,22,27). The summed E-state index contributed by atoms with van der Waals surface area (Å²) in [5.74, 6) is -0.102. The molecule has 2 aliphatic heterocycles. The maximum absolute atomic E-state index is 12.3. The average molecular weight is 385 g/mol. The Balaban J connectivity index is 1.69. The lowest BCUT2D eigenvalue weighted by molar-refractivity contribution is 0.0943. The normalized spacial score (nSPS) is 16.8. The minimum atomic E-state index is -0.729. The van der Waals surface area contributed by atoms with Crippen molar-refractivity contribution in [3.05, 3.63) is 51.9 Å². The topological polar surface area (TPSA) is 93.5 Å². The third kappa shape index (κ3) is 5.58. The summed E-state index contributed by atoms with van der Waals surface area (Å²) in [7, 11) is 0. The van der Waals surface area contributed by atoms with Crippen LogP contribution in [0.4, 0.5) is 0 Å². The van der Waals surface area contributed by atoms with Gasteiger partial charge in [-0.2, -0.15) is 5.10 Å². The Morgan fingerprint density at radius 1 is 1.00 bits per heavy atom. The lowest BCUT2D eigenvalue weighted by Gasteiger charge is -2.10. The molecule has 1 aromatic heterocycles. The van der Waals surface area contributed by atoms with Crippen LogP contribution in [0, 0.1) is 0 Å². The molecule has 1 aromatic carbocycles. The molecule has 0 radical (unpaired) electrons. The van der Waals surface area contributed by atoms with Crippen LogP contribution in [0.15, 0.2) is 35.3 Å². The van der Waals surface area contributed by atoms with Crippen molar-refractivity contribution in [2.45, 2.75) is 51.5 Å². The number of aromatic nitrogens is 2. The van der Waals surface area contributed by atoms with Crippen molar-refractivity contribution < 1.29 is 14.6 Å². The van der Waals surface area contributed by atoms with Gasteiger partial charge in [0, 0.05) is 13.1 Å². The molecule has 0 saturated heterocycles. The van der Waals surface area contributed by atoms with E-state index in [0.29, 0.717) is 19.7 Å². The van der Waals surface area contributed by atoms with Gasteiger partial charge in [0.15, 0.2) is 11.4 Å². The molecule has 0 spiro atoms. The van der Waals surface area contributed by atoms with Crippen molar-refractivity contribution in [3.63, 3.8) is 0 Å². The maximum atomic E-state index is 12.3. The van der Waals surface area contributed by atoms with Gasteiger partial charge >= 0.3 is 0 Å². The second kappa shape index (κ2) is 9.92. The Kier molecular flexibility index (Phi) is 7.06. The fourth-order valence-electron chi connectivity index (χ4n) is 3.20. The molecular formula is C21H27N3O4. The van der Waals surface area contributed by atoms with Crippen LogP contribution in [-0.4, -0.2) is 33.9 Å². The van der Waals surface area contributed by atoms with Crippen LogP contribution in [-0.2, 0) is 13.0 Å². The molecule has 1 amide bonds. The Bertz CT molecular complexity index is 846. The zero-order valence-electron chi connectivity index (χ0n) is 16.0. The van der Waals surface area contributed by atoms with Gasteiger partial charge in [-0.05, 0) is 56.2 Å². The van der Waals surface area contributed by atoms with Crippen molar-refractivity contribution in [2.75, 3.05) is 13.2 Å². The highest BCUT2D eigenvalue weighted by Gasteiger charge is 2.16. The SMILES string of the molecule is O=C1NCCCCCOc2ccc(cc2)CCCCCn2cc(O)c(=O)c1n2. The molecule has 7 nitrogen and oxygen atoms in total. The molecular weight excluding hydrogens is 358 g/mol. The van der Waals surface area contributed by atoms with Crippen molar-refractivity contribution >= 4 is 5.91 Å². The zero-order chi connectivity index (χ0) is 19.8. The van der Waals surface area contributed by atoms with Crippen molar-refractivity contribution in [1.82, 2.24) is 15.1 Å². The third-order valence-electron chi connectivity index (χ3n) is 4.81. The molecule has 7 heteroatoms. The molecule has 0 fully saturated rings. The average Bonchev–Trinajstić information content (AvgIpc) is 2.69. The third-order valence-corrected chi connectivity index (χ3v) is 4.81. The van der Waals surface area contributed by atoms with Gasteiger partial charge in [0.1, 0.15) is 5.75 Å². The first-order valence-electron chi connectivity index (χ1n) is 9.94. The number of hydrogen-bond donors (Lipinski definition) is 2. The summed E-state index contributed by atoms with van der Waals surface area (Å²) in [6.07, 6.45) is 7.69. The van der Waals surface area contributed by atoms with Gasteiger partial charge in [-0.3, -0.25) is 14.3 Å². The van der Waals surface area contributed by atoms with Gasteiger partial charge in [-0.1, -0.05) is 18.6 Å². The largest absolute Gasteiger partial charge is 0.503 e. The maximum Gasteiger partial charge on any atom is 0.275 e. The van der Waals surface area contributed by atoms with E-state index in [0.717, 1.165) is 50.7 Å². The van der Waals surface area contributed by atoms with E-state index in [1.165, 1.54) is 16.4 Å². The summed E-state index contributed by atoms with van der Waals surface area (Å²) >= 11 is 0. The molecule has 0 unspecified atom stereocenters. The van der Waals surface area contributed by atoms with Gasteiger partial charge in [0.05, 0.1) is 12.8 Å². The Labute approximate surface area is 164 Å². The smallest absolute Gasteiger partial charge is 0.275 e. The number of carbonyl (C=O) groups excluding carboxylic acids is 1. The quantitative estimate of drug-likeness (QED) is 0.727. The van der Waals surface area contributed by atoms with Crippen LogP contribution in [0.1, 0.15) is 54.6 Å².